The van der Waals surface area contributed by atoms with E-state index in [4.69, 9.17) is 116 Å². The first-order valence-electron chi connectivity index (χ1n) is 18.5. The van der Waals surface area contributed by atoms with Crippen molar-refractivity contribution in [2.45, 2.75) is 99.1 Å². The van der Waals surface area contributed by atoms with Crippen LogP contribution in [0.3, 0.4) is 0 Å². The van der Waals surface area contributed by atoms with E-state index in [1.807, 2.05) is 0 Å². The molecule has 0 aromatic heterocycles. The number of carboxylic acid groups (broad SMARTS) is 12. The molecule has 0 aromatic rings. The Labute approximate surface area is 398 Å². The second-order valence-corrected chi connectivity index (χ2v) is 13.8. The fraction of sp³-hybridized carbons (Fsp3) is 0.576. The molecule has 70 heavy (non-hydrogen) atoms. The van der Waals surface area contributed by atoms with E-state index >= 15 is 0 Å². The number of aliphatic carboxylic acids is 12. The van der Waals surface area contributed by atoms with Crippen molar-refractivity contribution in [3.63, 3.8) is 0 Å². The standard InChI is InChI=1S/2C6H14N4O2.3C6H8O7.C3H7NO2S/c2*7-4(5(11)12)2-1-3-10-6(8)9;3*7-3(8)1-6(13,5(11)12)2-4(9)10;4-2(1-7)3(5)6/h2*4H,1-3,7H2,(H,11,12)(H4,8,9,10);3*13H,1-2H2,(H,7,8)(H,9,10)(H,11,12);2,7H,1,4H2,(H,5,6). The van der Waals surface area contributed by atoms with E-state index < -0.39 is 145 Å². The van der Waals surface area contributed by atoms with Gasteiger partial charge >= 0.3 is 71.6 Å². The van der Waals surface area contributed by atoms with Crippen molar-refractivity contribution in [1.82, 2.24) is 10.6 Å². The van der Waals surface area contributed by atoms with Gasteiger partial charge in [-0.15, -0.1) is 0 Å². The zero-order valence-electron chi connectivity index (χ0n) is 36.4. The van der Waals surface area contributed by atoms with Gasteiger partial charge in [0, 0.05) is 18.8 Å². The lowest BCUT2D eigenvalue weighted by Crippen LogP contribution is -2.42. The Morgan fingerprint density at radius 1 is 0.414 bits per heavy atom. The van der Waals surface area contributed by atoms with E-state index in [-0.39, 0.29) is 17.7 Å². The molecule has 0 bridgehead atoms. The third-order valence-electron chi connectivity index (χ3n) is 7.02. The lowest BCUT2D eigenvalue weighted by atomic mass is 9.96. The highest BCUT2D eigenvalue weighted by molar-refractivity contribution is 7.80. The van der Waals surface area contributed by atoms with Crippen molar-refractivity contribution >= 4 is 96.2 Å². The number of carboxylic acids is 12. The van der Waals surface area contributed by atoms with Gasteiger partial charge in [0.25, 0.3) is 0 Å². The molecule has 0 fully saturated rings. The minimum atomic E-state index is -2.74. The van der Waals surface area contributed by atoms with Gasteiger partial charge in [0.15, 0.2) is 28.7 Å². The summed E-state index contributed by atoms with van der Waals surface area (Å²) in [6.07, 6.45) is -4.92. The maximum atomic E-state index is 10.3. The van der Waals surface area contributed by atoms with Gasteiger partial charge in [0.05, 0.1) is 38.5 Å². The Morgan fingerprint density at radius 2 is 0.600 bits per heavy atom. The summed E-state index contributed by atoms with van der Waals surface area (Å²) < 4.78 is 0. The zero-order chi connectivity index (χ0) is 56.9. The van der Waals surface area contributed by atoms with E-state index in [0.29, 0.717) is 38.8 Å². The molecule has 0 radical (unpaired) electrons. The summed E-state index contributed by atoms with van der Waals surface area (Å²) >= 11 is 3.65. The highest BCUT2D eigenvalue weighted by Gasteiger charge is 2.42. The minimum Gasteiger partial charge on any atom is -0.481 e. The monoisotopic (exact) mass is 1050 g/mol. The first kappa shape index (κ1) is 73.8. The highest BCUT2D eigenvalue weighted by Crippen LogP contribution is 2.17. The first-order valence-corrected chi connectivity index (χ1v) is 19.1. The Balaban J connectivity index is -0.000000177. The van der Waals surface area contributed by atoms with Crippen LogP contribution in [0, 0.1) is 10.8 Å². The van der Waals surface area contributed by atoms with Crippen molar-refractivity contribution in [3.8, 4) is 0 Å². The quantitative estimate of drug-likeness (QED) is 0.0157. The molecule has 36 nitrogen and oxygen atoms in total. The van der Waals surface area contributed by atoms with Gasteiger partial charge in [0.2, 0.25) is 0 Å². The Kier molecular flexibility index (Phi) is 40.4. The number of carbonyl (C=O) groups is 12. The number of nitrogens with one attached hydrogen (secondary N) is 4. The Bertz CT molecular complexity index is 1590. The number of aliphatic hydroxyl groups is 3. The summed E-state index contributed by atoms with van der Waals surface area (Å²) in [6, 6.07) is -2.46. The SMILES string of the molecule is N=C(N)NCCCC(N)C(=O)O.N=C(N)NCCCC(N)C(=O)O.NC(CS)C(=O)O.O=C(O)CC(O)(CC(=O)O)C(=O)O.O=C(O)CC(O)(CC(=O)O)C(=O)O.O=C(O)CC(O)(CC(=O)O)C(=O)O. The molecule has 0 aromatic carbocycles. The second-order valence-electron chi connectivity index (χ2n) is 13.4. The van der Waals surface area contributed by atoms with Crippen molar-refractivity contribution in [2.24, 2.45) is 28.7 Å². The predicted molar refractivity (Wildman–Crippen MR) is 230 cm³/mol. The molecule has 0 heterocycles. The molecule has 0 aliphatic heterocycles. The first-order chi connectivity index (χ1) is 31.6. The summed E-state index contributed by atoms with van der Waals surface area (Å²) in [5.41, 5.74) is 17.2. The highest BCUT2D eigenvalue weighted by atomic mass is 32.1. The maximum Gasteiger partial charge on any atom is 0.336 e. The molecule has 0 saturated heterocycles. The molecule has 0 aliphatic rings. The van der Waals surface area contributed by atoms with Crippen molar-refractivity contribution < 1.29 is 134 Å². The minimum absolute atomic E-state index is 0.112. The molecule has 404 valence electrons. The van der Waals surface area contributed by atoms with Crippen molar-refractivity contribution in [1.29, 1.82) is 10.8 Å². The van der Waals surface area contributed by atoms with Gasteiger partial charge in [-0.05, 0) is 25.7 Å². The van der Waals surface area contributed by atoms with Crippen molar-refractivity contribution in [3.05, 3.63) is 0 Å². The fourth-order valence-corrected chi connectivity index (χ4v) is 3.71. The summed E-state index contributed by atoms with van der Waals surface area (Å²) in [7, 11) is 0. The summed E-state index contributed by atoms with van der Waals surface area (Å²) in [4.78, 5) is 122. The number of rotatable bonds is 27. The van der Waals surface area contributed by atoms with E-state index in [1.165, 1.54) is 0 Å². The second kappa shape index (κ2) is 38.3. The summed E-state index contributed by atoms with van der Waals surface area (Å²) in [6.45, 7) is 0.965. The van der Waals surface area contributed by atoms with Gasteiger partial charge < -0.3 is 116 Å². The van der Waals surface area contributed by atoms with Crippen LogP contribution in [0.15, 0.2) is 0 Å². The van der Waals surface area contributed by atoms with Crippen LogP contribution in [0.5, 0.6) is 0 Å². The lowest BCUT2D eigenvalue weighted by Gasteiger charge is -2.18. The van der Waals surface area contributed by atoms with Crippen LogP contribution in [-0.2, 0) is 57.5 Å². The lowest BCUT2D eigenvalue weighted by molar-refractivity contribution is -0.170. The van der Waals surface area contributed by atoms with Crippen molar-refractivity contribution in [2.75, 3.05) is 18.8 Å². The smallest absolute Gasteiger partial charge is 0.336 e. The molecular weight excluding hydrogens is 986 g/mol. The van der Waals surface area contributed by atoms with Crippen LogP contribution in [0.1, 0.15) is 64.2 Å². The van der Waals surface area contributed by atoms with Crippen LogP contribution < -0.4 is 39.3 Å². The average Bonchev–Trinajstić information content (AvgIpc) is 3.16. The van der Waals surface area contributed by atoms with E-state index in [9.17, 15) is 57.5 Å². The van der Waals surface area contributed by atoms with Gasteiger partial charge in [-0.1, -0.05) is 0 Å². The van der Waals surface area contributed by atoms with E-state index in [1.54, 1.807) is 0 Å². The van der Waals surface area contributed by atoms with Crippen LogP contribution in [0.2, 0.25) is 0 Å². The molecule has 3 unspecified atom stereocenters. The van der Waals surface area contributed by atoms with Gasteiger partial charge in [-0.3, -0.25) is 54.0 Å². The molecular formula is C33H59N9O27S. The predicted octanol–water partition coefficient (Wildman–Crippen LogP) is -7.09. The zero-order valence-corrected chi connectivity index (χ0v) is 37.3. The summed E-state index contributed by atoms with van der Waals surface area (Å²) in [5.74, 6) is -18.1. The number of thiol groups is 1. The fourth-order valence-electron chi connectivity index (χ4n) is 3.56. The molecule has 0 rings (SSSR count). The number of nitrogens with two attached hydrogens (primary N) is 5. The topological polar surface area (TPSA) is 710 Å². The average molecular weight is 1050 g/mol. The van der Waals surface area contributed by atoms with Crippen LogP contribution >= 0.6 is 12.6 Å². The summed E-state index contributed by atoms with van der Waals surface area (Å²) in [5, 5.41) is 145. The molecule has 0 aliphatic carbocycles. The van der Waals surface area contributed by atoms with Gasteiger partial charge in [0.1, 0.15) is 18.1 Å². The van der Waals surface area contributed by atoms with Crippen LogP contribution in [0.4, 0.5) is 0 Å². The Morgan fingerprint density at radius 3 is 0.700 bits per heavy atom. The third kappa shape index (κ3) is 45.4. The Hall–Kier alpha value is -7.71. The number of hydrogen-bond donors (Lipinski definition) is 25. The third-order valence-corrected chi connectivity index (χ3v) is 7.41. The molecule has 0 saturated carbocycles. The van der Waals surface area contributed by atoms with Gasteiger partial charge in [-0.25, -0.2) is 14.4 Å². The normalized spacial score (nSPS) is 11.5. The molecule has 29 N–H and O–H groups in total. The number of hydrogen-bond acceptors (Lipinski definition) is 21. The van der Waals surface area contributed by atoms with Crippen LogP contribution in [0.25, 0.3) is 0 Å². The van der Waals surface area contributed by atoms with Gasteiger partial charge in [-0.2, -0.15) is 12.6 Å². The number of guanidine groups is 2. The molecule has 37 heteroatoms. The molecule has 3 atom stereocenters. The van der Waals surface area contributed by atoms with E-state index in [2.05, 4.69) is 23.3 Å². The molecule has 0 amide bonds. The molecule has 0 spiro atoms. The largest absolute Gasteiger partial charge is 0.481 e. The van der Waals surface area contributed by atoms with Crippen LogP contribution in [-0.4, -0.2) is 214 Å². The maximum absolute atomic E-state index is 10.3. The van der Waals surface area contributed by atoms with E-state index in [0.717, 1.165) is 0 Å².